The van der Waals surface area contributed by atoms with Gasteiger partial charge in [-0.05, 0) is 38.4 Å². The van der Waals surface area contributed by atoms with E-state index in [9.17, 15) is 0 Å². The third-order valence-corrected chi connectivity index (χ3v) is 2.96. The fourth-order valence-corrected chi connectivity index (χ4v) is 2.01. The van der Waals surface area contributed by atoms with Gasteiger partial charge in [0.2, 0.25) is 0 Å². The van der Waals surface area contributed by atoms with Gasteiger partial charge in [0.1, 0.15) is 5.75 Å². The number of hydrogen-bond donors (Lipinski definition) is 1. The van der Waals surface area contributed by atoms with Gasteiger partial charge in [0, 0.05) is 18.7 Å². The maximum atomic E-state index is 5.85. The van der Waals surface area contributed by atoms with Gasteiger partial charge in [-0.3, -0.25) is 4.98 Å². The van der Waals surface area contributed by atoms with Crippen molar-refractivity contribution >= 4 is 0 Å². The SMILES string of the molecule is CC(Oc1cccnc1)C1CCCNC1. The van der Waals surface area contributed by atoms with Crippen LogP contribution in [-0.4, -0.2) is 24.2 Å². The quantitative estimate of drug-likeness (QED) is 0.819. The monoisotopic (exact) mass is 206 g/mol. The Morgan fingerprint density at radius 3 is 3.20 bits per heavy atom. The number of nitrogens with zero attached hydrogens (tertiary/aromatic N) is 1. The number of pyridine rings is 1. The van der Waals surface area contributed by atoms with Crippen LogP contribution in [0.3, 0.4) is 0 Å². The Bertz CT molecular complexity index is 283. The molecule has 82 valence electrons. The molecule has 1 N–H and O–H groups in total. The molecule has 0 spiro atoms. The summed E-state index contributed by atoms with van der Waals surface area (Å²) in [5, 5.41) is 3.41. The number of piperidine rings is 1. The highest BCUT2D eigenvalue weighted by molar-refractivity contribution is 5.15. The van der Waals surface area contributed by atoms with Crippen LogP contribution in [0.2, 0.25) is 0 Å². The van der Waals surface area contributed by atoms with Gasteiger partial charge in [0.05, 0.1) is 12.3 Å². The first-order chi connectivity index (χ1) is 7.36. The first kappa shape index (κ1) is 10.4. The van der Waals surface area contributed by atoms with Crippen molar-refractivity contribution in [3.8, 4) is 5.75 Å². The Labute approximate surface area is 90.9 Å². The highest BCUT2D eigenvalue weighted by Gasteiger charge is 2.20. The predicted octanol–water partition coefficient (Wildman–Crippen LogP) is 1.85. The van der Waals surface area contributed by atoms with Crippen LogP contribution in [0.5, 0.6) is 5.75 Å². The summed E-state index contributed by atoms with van der Waals surface area (Å²) < 4.78 is 5.85. The Morgan fingerprint density at radius 2 is 2.53 bits per heavy atom. The van der Waals surface area contributed by atoms with Crippen LogP contribution in [0.1, 0.15) is 19.8 Å². The van der Waals surface area contributed by atoms with Crippen molar-refractivity contribution in [1.29, 1.82) is 0 Å². The molecule has 2 heterocycles. The molecule has 1 aromatic rings. The standard InChI is InChI=1S/C12H18N2O/c1-10(11-4-2-6-13-8-11)15-12-5-3-7-14-9-12/h3,5,7,9-11,13H,2,4,6,8H2,1H3. The molecule has 1 aliphatic heterocycles. The lowest BCUT2D eigenvalue weighted by molar-refractivity contribution is 0.131. The lowest BCUT2D eigenvalue weighted by atomic mass is 9.95. The Balaban J connectivity index is 1.88. The predicted molar refractivity (Wildman–Crippen MR) is 59.9 cm³/mol. The van der Waals surface area contributed by atoms with Crippen molar-refractivity contribution in [2.75, 3.05) is 13.1 Å². The summed E-state index contributed by atoms with van der Waals surface area (Å²) in [5.74, 6) is 1.49. The van der Waals surface area contributed by atoms with Gasteiger partial charge in [-0.25, -0.2) is 0 Å². The lowest BCUT2D eigenvalue weighted by Gasteiger charge is -2.28. The molecule has 15 heavy (non-hydrogen) atoms. The van der Waals surface area contributed by atoms with Gasteiger partial charge in [0.15, 0.2) is 0 Å². The first-order valence-electron chi connectivity index (χ1n) is 5.63. The zero-order valence-corrected chi connectivity index (χ0v) is 9.15. The van der Waals surface area contributed by atoms with Crippen molar-refractivity contribution in [1.82, 2.24) is 10.3 Å². The Morgan fingerprint density at radius 1 is 1.60 bits per heavy atom. The molecule has 1 aromatic heterocycles. The van der Waals surface area contributed by atoms with Gasteiger partial charge < -0.3 is 10.1 Å². The number of nitrogens with one attached hydrogen (secondary N) is 1. The largest absolute Gasteiger partial charge is 0.489 e. The normalized spacial score (nSPS) is 23.4. The van der Waals surface area contributed by atoms with E-state index in [2.05, 4.69) is 17.2 Å². The second-order valence-electron chi connectivity index (χ2n) is 4.12. The number of rotatable bonds is 3. The van der Waals surface area contributed by atoms with E-state index in [4.69, 9.17) is 4.74 Å². The van der Waals surface area contributed by atoms with E-state index < -0.39 is 0 Å². The summed E-state index contributed by atoms with van der Waals surface area (Å²) in [6.45, 7) is 4.36. The molecule has 3 heteroatoms. The van der Waals surface area contributed by atoms with Crippen LogP contribution < -0.4 is 10.1 Å². The molecule has 0 aliphatic carbocycles. The van der Waals surface area contributed by atoms with Crippen molar-refractivity contribution < 1.29 is 4.74 Å². The van der Waals surface area contributed by atoms with Crippen molar-refractivity contribution in [2.45, 2.75) is 25.9 Å². The van der Waals surface area contributed by atoms with E-state index in [0.717, 1.165) is 18.8 Å². The van der Waals surface area contributed by atoms with Crippen LogP contribution in [0, 0.1) is 5.92 Å². The summed E-state index contributed by atoms with van der Waals surface area (Å²) in [4.78, 5) is 4.04. The molecular formula is C12H18N2O. The van der Waals surface area contributed by atoms with Crippen LogP contribution in [0.25, 0.3) is 0 Å². The number of hydrogen-bond acceptors (Lipinski definition) is 3. The molecule has 2 atom stereocenters. The number of ether oxygens (including phenoxy) is 1. The maximum absolute atomic E-state index is 5.85. The van der Waals surface area contributed by atoms with Gasteiger partial charge in [0.25, 0.3) is 0 Å². The van der Waals surface area contributed by atoms with Crippen LogP contribution >= 0.6 is 0 Å². The summed E-state index contributed by atoms with van der Waals surface area (Å²) in [7, 11) is 0. The molecule has 1 saturated heterocycles. The van der Waals surface area contributed by atoms with E-state index >= 15 is 0 Å². The third kappa shape index (κ3) is 2.93. The average Bonchev–Trinajstić information content (AvgIpc) is 2.31. The molecule has 0 saturated carbocycles. The summed E-state index contributed by atoms with van der Waals surface area (Å²) in [6.07, 6.45) is 6.31. The molecule has 2 rings (SSSR count). The highest BCUT2D eigenvalue weighted by atomic mass is 16.5. The fraction of sp³-hybridized carbons (Fsp3) is 0.583. The molecule has 1 fully saturated rings. The average molecular weight is 206 g/mol. The second-order valence-corrected chi connectivity index (χ2v) is 4.12. The minimum atomic E-state index is 0.266. The molecule has 1 aliphatic rings. The minimum Gasteiger partial charge on any atom is -0.489 e. The van der Waals surface area contributed by atoms with Crippen LogP contribution in [-0.2, 0) is 0 Å². The van der Waals surface area contributed by atoms with Crippen LogP contribution in [0.4, 0.5) is 0 Å². The molecule has 0 amide bonds. The summed E-state index contributed by atoms with van der Waals surface area (Å²) in [6, 6.07) is 3.86. The van der Waals surface area contributed by atoms with Crippen molar-refractivity contribution in [3.05, 3.63) is 24.5 Å². The van der Waals surface area contributed by atoms with Crippen molar-refractivity contribution in [3.63, 3.8) is 0 Å². The van der Waals surface area contributed by atoms with Gasteiger partial charge in [-0.2, -0.15) is 0 Å². The molecular weight excluding hydrogens is 188 g/mol. The molecule has 3 nitrogen and oxygen atoms in total. The Kier molecular flexibility index (Phi) is 3.56. The van der Waals surface area contributed by atoms with E-state index in [1.807, 2.05) is 12.1 Å². The molecule has 0 bridgehead atoms. The zero-order chi connectivity index (χ0) is 10.5. The summed E-state index contributed by atoms with van der Waals surface area (Å²) in [5.41, 5.74) is 0. The van der Waals surface area contributed by atoms with E-state index in [1.165, 1.54) is 12.8 Å². The van der Waals surface area contributed by atoms with Crippen LogP contribution in [0.15, 0.2) is 24.5 Å². The molecule has 2 unspecified atom stereocenters. The fourth-order valence-electron chi connectivity index (χ4n) is 2.01. The maximum Gasteiger partial charge on any atom is 0.137 e. The van der Waals surface area contributed by atoms with E-state index in [-0.39, 0.29) is 6.10 Å². The Hall–Kier alpha value is -1.09. The van der Waals surface area contributed by atoms with Gasteiger partial charge in [-0.1, -0.05) is 0 Å². The van der Waals surface area contributed by atoms with E-state index in [0.29, 0.717) is 5.92 Å². The van der Waals surface area contributed by atoms with Gasteiger partial charge in [-0.15, -0.1) is 0 Å². The van der Waals surface area contributed by atoms with Crippen molar-refractivity contribution in [2.24, 2.45) is 5.92 Å². The third-order valence-electron chi connectivity index (χ3n) is 2.96. The lowest BCUT2D eigenvalue weighted by Crippen LogP contribution is -2.37. The summed E-state index contributed by atoms with van der Waals surface area (Å²) >= 11 is 0. The molecule has 0 radical (unpaired) electrons. The van der Waals surface area contributed by atoms with E-state index in [1.54, 1.807) is 12.4 Å². The smallest absolute Gasteiger partial charge is 0.137 e. The minimum absolute atomic E-state index is 0.266. The second kappa shape index (κ2) is 5.12. The number of aromatic nitrogens is 1. The molecule has 0 aromatic carbocycles. The topological polar surface area (TPSA) is 34.1 Å². The first-order valence-corrected chi connectivity index (χ1v) is 5.63. The highest BCUT2D eigenvalue weighted by Crippen LogP contribution is 2.19. The van der Waals surface area contributed by atoms with Gasteiger partial charge >= 0.3 is 0 Å². The zero-order valence-electron chi connectivity index (χ0n) is 9.15.